The van der Waals surface area contributed by atoms with Gasteiger partial charge in [0, 0.05) is 0 Å². The van der Waals surface area contributed by atoms with Gasteiger partial charge in [-0.3, -0.25) is 14.5 Å². The van der Waals surface area contributed by atoms with E-state index in [1.807, 2.05) is 37.3 Å². The summed E-state index contributed by atoms with van der Waals surface area (Å²) in [4.78, 5) is 46.3. The van der Waals surface area contributed by atoms with Crippen LogP contribution >= 0.6 is 11.3 Å². The number of rotatable bonds is 7. The van der Waals surface area contributed by atoms with Crippen molar-refractivity contribution >= 4 is 39.3 Å². The molecule has 2 aromatic heterocycles. The topological polar surface area (TPSA) is 98.9 Å². The zero-order chi connectivity index (χ0) is 27.1. The first-order valence-electron chi connectivity index (χ1n) is 12.4. The molecule has 0 aliphatic carbocycles. The van der Waals surface area contributed by atoms with E-state index >= 15 is 0 Å². The van der Waals surface area contributed by atoms with Crippen LogP contribution in [0, 0.1) is 19.8 Å². The summed E-state index contributed by atoms with van der Waals surface area (Å²) in [6, 6.07) is 11.8. The van der Waals surface area contributed by atoms with Gasteiger partial charge in [-0.1, -0.05) is 48.9 Å². The lowest BCUT2D eigenvalue weighted by Crippen LogP contribution is -2.29. The van der Waals surface area contributed by atoms with Crippen LogP contribution in [0.4, 0.5) is 5.13 Å². The van der Waals surface area contributed by atoms with Gasteiger partial charge in [0.25, 0.3) is 5.91 Å². The first-order valence-corrected chi connectivity index (χ1v) is 13.2. The first kappa shape index (κ1) is 25.7. The van der Waals surface area contributed by atoms with Gasteiger partial charge in [-0.05, 0) is 56.0 Å². The van der Waals surface area contributed by atoms with E-state index in [2.05, 4.69) is 18.8 Å². The van der Waals surface area contributed by atoms with Crippen LogP contribution in [0.1, 0.15) is 68.9 Å². The third-order valence-corrected chi connectivity index (χ3v) is 7.66. The molecule has 3 heterocycles. The fourth-order valence-electron chi connectivity index (χ4n) is 4.55. The number of nitrogens with zero attached hydrogens (tertiary/aromatic N) is 2. The van der Waals surface area contributed by atoms with Crippen molar-refractivity contribution in [3.05, 3.63) is 85.7 Å². The van der Waals surface area contributed by atoms with E-state index in [1.54, 1.807) is 19.1 Å². The molecule has 1 aliphatic rings. The van der Waals surface area contributed by atoms with E-state index in [0.717, 1.165) is 23.3 Å². The molecule has 0 N–H and O–H groups in total. The highest BCUT2D eigenvalue weighted by Gasteiger charge is 2.45. The van der Waals surface area contributed by atoms with Crippen molar-refractivity contribution in [3.63, 3.8) is 0 Å². The maximum Gasteiger partial charge on any atom is 0.350 e. The van der Waals surface area contributed by atoms with E-state index in [9.17, 15) is 14.4 Å². The number of benzene rings is 2. The van der Waals surface area contributed by atoms with Crippen LogP contribution in [-0.2, 0) is 4.74 Å². The predicted octanol–water partition coefficient (Wildman–Crippen LogP) is 5.83. The molecule has 0 fully saturated rings. The standard InChI is InChI=1S/C29H28N2O6S/c1-15(2)11-12-36-19-8-6-7-18(14-19)23-22-24(32)20-13-16(3)9-10-21(20)37-25(22)27(33)31(23)29-30-17(4)26(38-29)28(34)35-5/h6-10,13-15,23H,11-12H2,1-5H3. The van der Waals surface area contributed by atoms with Crippen molar-refractivity contribution in [2.45, 2.75) is 40.2 Å². The van der Waals surface area contributed by atoms with Crippen LogP contribution < -0.4 is 15.1 Å². The fraction of sp³-hybridized carbons (Fsp3) is 0.310. The SMILES string of the molecule is COC(=O)c1sc(N2C(=O)c3oc4ccc(C)cc4c(=O)c3C2c2cccc(OCCC(C)C)c2)nc1C. The average molecular weight is 533 g/mol. The quantitative estimate of drug-likeness (QED) is 0.276. The second kappa shape index (κ2) is 10.1. The number of methoxy groups -OCH3 is 1. The Balaban J connectivity index is 1.69. The van der Waals surface area contributed by atoms with Gasteiger partial charge in [0.2, 0.25) is 5.76 Å². The molecule has 8 nitrogen and oxygen atoms in total. The van der Waals surface area contributed by atoms with Crippen LogP contribution in [0.3, 0.4) is 0 Å². The predicted molar refractivity (Wildman–Crippen MR) is 145 cm³/mol. The smallest absolute Gasteiger partial charge is 0.350 e. The van der Waals surface area contributed by atoms with Gasteiger partial charge in [0.15, 0.2) is 10.6 Å². The number of hydrogen-bond donors (Lipinski definition) is 0. The number of aromatic nitrogens is 1. The molecule has 5 rings (SSSR count). The van der Waals surface area contributed by atoms with Crippen molar-refractivity contribution in [1.82, 2.24) is 4.98 Å². The molecule has 1 atom stereocenters. The summed E-state index contributed by atoms with van der Waals surface area (Å²) in [5.74, 6) is 0.0564. The first-order chi connectivity index (χ1) is 18.2. The molecule has 0 bridgehead atoms. The molecular formula is C29H28N2O6S. The minimum Gasteiger partial charge on any atom is -0.494 e. The zero-order valence-electron chi connectivity index (χ0n) is 21.9. The number of fused-ring (bicyclic) bond motifs is 2. The van der Waals surface area contributed by atoms with Gasteiger partial charge in [-0.2, -0.15) is 0 Å². The van der Waals surface area contributed by atoms with Crippen LogP contribution in [0.15, 0.2) is 51.7 Å². The van der Waals surface area contributed by atoms with Gasteiger partial charge in [0.1, 0.15) is 16.2 Å². The van der Waals surface area contributed by atoms with Crippen molar-refractivity contribution < 1.29 is 23.5 Å². The van der Waals surface area contributed by atoms with E-state index in [4.69, 9.17) is 13.9 Å². The van der Waals surface area contributed by atoms with E-state index in [1.165, 1.54) is 12.0 Å². The highest BCUT2D eigenvalue weighted by molar-refractivity contribution is 7.17. The lowest BCUT2D eigenvalue weighted by molar-refractivity contribution is 0.0605. The number of esters is 1. The monoisotopic (exact) mass is 532 g/mol. The molecule has 0 saturated heterocycles. The molecular weight excluding hydrogens is 504 g/mol. The maximum absolute atomic E-state index is 13.9. The Morgan fingerprint density at radius 3 is 2.68 bits per heavy atom. The molecule has 1 amide bonds. The van der Waals surface area contributed by atoms with Gasteiger partial charge in [-0.25, -0.2) is 9.78 Å². The minimum atomic E-state index is -0.816. The van der Waals surface area contributed by atoms with Crippen LogP contribution in [-0.4, -0.2) is 30.6 Å². The third-order valence-electron chi connectivity index (χ3n) is 6.53. The third kappa shape index (κ3) is 4.47. The number of hydrogen-bond acceptors (Lipinski definition) is 8. The Hall–Kier alpha value is -3.98. The molecule has 196 valence electrons. The molecule has 0 radical (unpaired) electrons. The lowest BCUT2D eigenvalue weighted by Gasteiger charge is -2.23. The largest absolute Gasteiger partial charge is 0.494 e. The van der Waals surface area contributed by atoms with Crippen LogP contribution in [0.2, 0.25) is 0 Å². The lowest BCUT2D eigenvalue weighted by atomic mass is 9.98. The molecule has 1 aliphatic heterocycles. The second-order valence-electron chi connectivity index (χ2n) is 9.76. The molecule has 1 unspecified atom stereocenters. The van der Waals surface area contributed by atoms with Crippen molar-refractivity contribution in [3.8, 4) is 5.75 Å². The number of aryl methyl sites for hydroxylation is 2. The summed E-state index contributed by atoms with van der Waals surface area (Å²) >= 11 is 1.04. The van der Waals surface area contributed by atoms with Crippen LogP contribution in [0.5, 0.6) is 5.75 Å². The summed E-state index contributed by atoms with van der Waals surface area (Å²) in [7, 11) is 1.29. The Labute approximate surface area is 223 Å². The fourth-order valence-corrected chi connectivity index (χ4v) is 5.57. The highest BCUT2D eigenvalue weighted by atomic mass is 32.1. The number of ether oxygens (including phenoxy) is 2. The van der Waals surface area contributed by atoms with Gasteiger partial charge in [0.05, 0.1) is 36.4 Å². The average Bonchev–Trinajstić information content (AvgIpc) is 3.41. The summed E-state index contributed by atoms with van der Waals surface area (Å²) in [5, 5.41) is 0.674. The molecule has 2 aromatic carbocycles. The molecule has 4 aromatic rings. The molecule has 9 heteroatoms. The summed E-state index contributed by atoms with van der Waals surface area (Å²) < 4.78 is 16.9. The molecule has 38 heavy (non-hydrogen) atoms. The van der Waals surface area contributed by atoms with E-state index in [-0.39, 0.29) is 26.8 Å². The van der Waals surface area contributed by atoms with Crippen molar-refractivity contribution in [1.29, 1.82) is 0 Å². The number of anilines is 1. The summed E-state index contributed by atoms with van der Waals surface area (Å²) in [6.07, 6.45) is 0.894. The maximum atomic E-state index is 13.9. The molecule has 0 saturated carbocycles. The Morgan fingerprint density at radius 1 is 1.16 bits per heavy atom. The minimum absolute atomic E-state index is 0.0325. The van der Waals surface area contributed by atoms with Gasteiger partial charge < -0.3 is 13.9 Å². The second-order valence-corrected chi connectivity index (χ2v) is 10.7. The number of carbonyl (C=O) groups is 2. The Bertz CT molecular complexity index is 1620. The van der Waals surface area contributed by atoms with Crippen LogP contribution in [0.25, 0.3) is 11.0 Å². The normalized spacial score (nSPS) is 14.8. The van der Waals surface area contributed by atoms with Gasteiger partial charge >= 0.3 is 5.97 Å². The van der Waals surface area contributed by atoms with E-state index < -0.39 is 17.9 Å². The highest BCUT2D eigenvalue weighted by Crippen LogP contribution is 2.43. The van der Waals surface area contributed by atoms with Crippen molar-refractivity contribution in [2.75, 3.05) is 18.6 Å². The number of carbonyl (C=O) groups excluding carboxylic acids is 2. The van der Waals surface area contributed by atoms with E-state index in [0.29, 0.717) is 40.5 Å². The van der Waals surface area contributed by atoms with Crippen molar-refractivity contribution in [2.24, 2.45) is 5.92 Å². The summed E-state index contributed by atoms with van der Waals surface area (Å²) in [6.45, 7) is 8.38. The Morgan fingerprint density at radius 2 is 1.95 bits per heavy atom. The number of amides is 1. The number of thiazole rings is 1. The zero-order valence-corrected chi connectivity index (χ0v) is 22.7. The molecule has 0 spiro atoms. The van der Waals surface area contributed by atoms with Gasteiger partial charge in [-0.15, -0.1) is 0 Å². The summed E-state index contributed by atoms with van der Waals surface area (Å²) in [5.41, 5.74) is 2.31. The Kier molecular flexibility index (Phi) is 6.79.